The maximum atomic E-state index is 12.5. The van der Waals surface area contributed by atoms with Crippen molar-refractivity contribution < 1.29 is 14.3 Å². The average Bonchev–Trinajstić information content (AvgIpc) is 2.43. The topological polar surface area (TPSA) is 68.4 Å². The summed E-state index contributed by atoms with van der Waals surface area (Å²) in [6.45, 7) is 14.8. The summed E-state index contributed by atoms with van der Waals surface area (Å²) in [5.74, 6) is -0.210. The summed E-state index contributed by atoms with van der Waals surface area (Å²) in [6, 6.07) is 0. The summed E-state index contributed by atoms with van der Waals surface area (Å²) in [7, 11) is 0. The summed E-state index contributed by atoms with van der Waals surface area (Å²) in [6.07, 6.45) is 3.55. The first kappa shape index (κ1) is 20.5. The molecule has 146 valence electrons. The van der Waals surface area contributed by atoms with Crippen molar-refractivity contribution in [2.45, 2.75) is 80.3 Å². The smallest absolute Gasteiger partial charge is 0.347 e. The molecule has 0 bridgehead atoms. The van der Waals surface area contributed by atoms with Crippen molar-refractivity contribution in [3.63, 3.8) is 0 Å². The van der Waals surface area contributed by atoms with Crippen LogP contribution in [0.1, 0.15) is 82.4 Å². The van der Waals surface area contributed by atoms with Crippen molar-refractivity contribution >= 4 is 5.97 Å². The van der Waals surface area contributed by atoms with Crippen LogP contribution in [0.5, 0.6) is 5.75 Å². The third kappa shape index (κ3) is 4.49. The number of aromatic nitrogens is 1. The molecule has 1 saturated carbocycles. The Labute approximate surface area is 156 Å². The van der Waals surface area contributed by atoms with Crippen LogP contribution in [0.25, 0.3) is 0 Å². The quantitative estimate of drug-likeness (QED) is 0.787. The van der Waals surface area contributed by atoms with Gasteiger partial charge in [-0.25, -0.2) is 4.79 Å². The van der Waals surface area contributed by atoms with Gasteiger partial charge in [-0.05, 0) is 50.4 Å². The Morgan fingerprint density at radius 1 is 1.15 bits per heavy atom. The van der Waals surface area contributed by atoms with E-state index in [1.165, 1.54) is 0 Å². The van der Waals surface area contributed by atoms with E-state index >= 15 is 0 Å². The van der Waals surface area contributed by atoms with Crippen LogP contribution >= 0.6 is 0 Å². The van der Waals surface area contributed by atoms with E-state index in [9.17, 15) is 9.59 Å². The van der Waals surface area contributed by atoms with Gasteiger partial charge in [0.05, 0.1) is 12.7 Å². The molecule has 2 rings (SSSR count). The number of carbonyl (C=O) groups excluding carboxylic acids is 1. The van der Waals surface area contributed by atoms with Crippen LogP contribution in [0.2, 0.25) is 0 Å². The van der Waals surface area contributed by atoms with Gasteiger partial charge in [0.25, 0.3) is 5.56 Å². The van der Waals surface area contributed by atoms with E-state index in [0.717, 1.165) is 30.5 Å². The zero-order valence-electron chi connectivity index (χ0n) is 17.2. The minimum atomic E-state index is -0.618. The normalized spacial score (nSPS) is 19.2. The summed E-state index contributed by atoms with van der Waals surface area (Å²) in [4.78, 5) is 27.7. The molecule has 0 amide bonds. The molecule has 5 heteroatoms. The highest BCUT2D eigenvalue weighted by Crippen LogP contribution is 2.47. The third-order valence-corrected chi connectivity index (χ3v) is 5.12. The number of hydrogen-bond donors (Lipinski definition) is 1. The molecule has 1 N–H and O–H groups in total. The number of aryl methyl sites for hydroxylation is 1. The number of rotatable bonds is 5. The molecule has 0 aliphatic heterocycles. The Morgan fingerprint density at radius 2 is 1.73 bits per heavy atom. The lowest BCUT2D eigenvalue weighted by molar-refractivity contribution is 0.0118. The van der Waals surface area contributed by atoms with Crippen LogP contribution < -0.4 is 10.3 Å². The van der Waals surface area contributed by atoms with Gasteiger partial charge in [0.1, 0.15) is 5.75 Å². The highest BCUT2D eigenvalue weighted by atomic mass is 16.5. The minimum absolute atomic E-state index is 0.00418. The van der Waals surface area contributed by atoms with Gasteiger partial charge in [0.2, 0.25) is 0 Å². The van der Waals surface area contributed by atoms with Gasteiger partial charge in [-0.1, -0.05) is 34.6 Å². The molecule has 1 aliphatic rings. The molecule has 5 nitrogen and oxygen atoms in total. The fourth-order valence-electron chi connectivity index (χ4n) is 4.67. The number of hydrogen-bond acceptors (Lipinski definition) is 4. The number of ether oxygens (including phenoxy) is 2. The van der Waals surface area contributed by atoms with E-state index in [1.807, 2.05) is 13.8 Å². The molecular formula is C21H33NO4. The highest BCUT2D eigenvalue weighted by Gasteiger charge is 2.40. The average molecular weight is 363 g/mol. The van der Waals surface area contributed by atoms with Crippen LogP contribution in [-0.2, 0) is 11.2 Å². The van der Waals surface area contributed by atoms with Crippen LogP contribution in [0.3, 0.4) is 0 Å². The van der Waals surface area contributed by atoms with Gasteiger partial charge in [-0.2, -0.15) is 0 Å². The first-order valence-electron chi connectivity index (χ1n) is 9.59. The number of H-pyrrole nitrogens is 1. The van der Waals surface area contributed by atoms with E-state index in [0.29, 0.717) is 12.2 Å². The van der Waals surface area contributed by atoms with Gasteiger partial charge >= 0.3 is 5.97 Å². The molecule has 1 aromatic heterocycles. The first-order chi connectivity index (χ1) is 12.0. The predicted octanol–water partition coefficient (Wildman–Crippen LogP) is 4.41. The second-order valence-corrected chi connectivity index (χ2v) is 8.99. The number of aromatic amines is 1. The zero-order valence-corrected chi connectivity index (χ0v) is 17.2. The molecule has 0 radical (unpaired) electrons. The summed E-state index contributed by atoms with van der Waals surface area (Å²) in [5, 5.41) is 0. The molecule has 1 heterocycles. The monoisotopic (exact) mass is 363 g/mol. The van der Waals surface area contributed by atoms with Crippen molar-refractivity contribution in [2.75, 3.05) is 6.61 Å². The van der Waals surface area contributed by atoms with Crippen molar-refractivity contribution in [1.82, 2.24) is 4.98 Å². The highest BCUT2D eigenvalue weighted by molar-refractivity contribution is 5.92. The van der Waals surface area contributed by atoms with Crippen molar-refractivity contribution in [3.05, 3.63) is 27.2 Å². The van der Waals surface area contributed by atoms with E-state index in [1.54, 1.807) is 6.92 Å². The van der Waals surface area contributed by atoms with E-state index in [-0.39, 0.29) is 29.1 Å². The molecule has 1 aliphatic carbocycles. The predicted molar refractivity (Wildman–Crippen MR) is 103 cm³/mol. The molecule has 26 heavy (non-hydrogen) atoms. The molecule has 1 aromatic rings. The van der Waals surface area contributed by atoms with Crippen molar-refractivity contribution in [3.8, 4) is 5.75 Å². The minimum Gasteiger partial charge on any atom is -0.489 e. The summed E-state index contributed by atoms with van der Waals surface area (Å²) >= 11 is 0. The molecule has 0 spiro atoms. The SMILES string of the molecule is CCOC(=O)c1c(OC2CC(C)(C)CC(C)(C)C2)c(CC)c(C)[nH]c1=O. The Morgan fingerprint density at radius 3 is 2.23 bits per heavy atom. The van der Waals surface area contributed by atoms with E-state index < -0.39 is 11.5 Å². The fraction of sp³-hybridized carbons (Fsp3) is 0.714. The van der Waals surface area contributed by atoms with Crippen LogP contribution in [-0.4, -0.2) is 23.7 Å². The maximum Gasteiger partial charge on any atom is 0.347 e. The summed E-state index contributed by atoms with van der Waals surface area (Å²) in [5.41, 5.74) is 1.47. The Hall–Kier alpha value is -1.78. The van der Waals surface area contributed by atoms with Gasteiger partial charge in [-0.3, -0.25) is 4.79 Å². The lowest BCUT2D eigenvalue weighted by Gasteiger charge is -2.44. The molecule has 1 fully saturated rings. The number of pyridine rings is 1. The largest absolute Gasteiger partial charge is 0.489 e. The van der Waals surface area contributed by atoms with Crippen LogP contribution in [0.15, 0.2) is 4.79 Å². The molecule has 0 atom stereocenters. The fourth-order valence-corrected chi connectivity index (χ4v) is 4.67. The van der Waals surface area contributed by atoms with Gasteiger partial charge in [-0.15, -0.1) is 0 Å². The molecule has 0 saturated heterocycles. The Balaban J connectivity index is 2.50. The standard InChI is InChI=1S/C21H33NO4/c1-8-15-13(3)22-18(23)16(19(24)25-9-2)17(15)26-14-10-20(4,5)12-21(6,7)11-14/h14H,8-12H2,1-7H3,(H,22,23). The Kier molecular flexibility index (Phi) is 5.89. The van der Waals surface area contributed by atoms with Crippen LogP contribution in [0.4, 0.5) is 0 Å². The third-order valence-electron chi connectivity index (χ3n) is 5.12. The van der Waals surface area contributed by atoms with Crippen LogP contribution in [0, 0.1) is 17.8 Å². The first-order valence-corrected chi connectivity index (χ1v) is 9.59. The van der Waals surface area contributed by atoms with Gasteiger partial charge in [0, 0.05) is 11.3 Å². The van der Waals surface area contributed by atoms with Crippen molar-refractivity contribution in [2.24, 2.45) is 10.8 Å². The molecular weight excluding hydrogens is 330 g/mol. The number of nitrogens with one attached hydrogen (secondary N) is 1. The number of carbonyl (C=O) groups is 1. The molecule has 0 unspecified atom stereocenters. The second-order valence-electron chi connectivity index (χ2n) is 8.99. The molecule has 0 aromatic carbocycles. The Bertz CT molecular complexity index is 714. The van der Waals surface area contributed by atoms with Gasteiger partial charge in [0.15, 0.2) is 5.56 Å². The summed E-state index contributed by atoms with van der Waals surface area (Å²) < 4.78 is 11.5. The number of esters is 1. The van der Waals surface area contributed by atoms with E-state index in [2.05, 4.69) is 32.7 Å². The zero-order chi connectivity index (χ0) is 19.7. The second kappa shape index (κ2) is 7.45. The lowest BCUT2D eigenvalue weighted by atomic mass is 9.64. The van der Waals surface area contributed by atoms with E-state index in [4.69, 9.17) is 9.47 Å². The lowest BCUT2D eigenvalue weighted by Crippen LogP contribution is -2.40. The van der Waals surface area contributed by atoms with Crippen molar-refractivity contribution in [1.29, 1.82) is 0 Å². The maximum absolute atomic E-state index is 12.5. The van der Waals surface area contributed by atoms with Gasteiger partial charge < -0.3 is 14.5 Å².